The Morgan fingerprint density at radius 3 is 2.56 bits per heavy atom. The molecule has 4 heteroatoms. The van der Waals surface area contributed by atoms with Gasteiger partial charge < -0.3 is 10.8 Å². The summed E-state index contributed by atoms with van der Waals surface area (Å²) in [6.07, 6.45) is 0.653. The lowest BCUT2D eigenvalue weighted by Crippen LogP contribution is -2.34. The number of rotatable bonds is 7. The van der Waals surface area contributed by atoms with E-state index in [9.17, 15) is 4.79 Å². The summed E-state index contributed by atoms with van der Waals surface area (Å²) in [4.78, 5) is 12.8. The number of primary amides is 1. The molecule has 0 aromatic heterocycles. The third-order valence-corrected chi connectivity index (χ3v) is 2.26. The summed E-state index contributed by atoms with van der Waals surface area (Å²) in [5, 5.41) is 8.77. The Hall–Kier alpha value is -1.39. The first-order valence-electron chi connectivity index (χ1n) is 5.38. The zero-order valence-electron chi connectivity index (χ0n) is 9.30. The number of carbonyl (C=O) groups is 1. The van der Waals surface area contributed by atoms with Gasteiger partial charge in [0, 0.05) is 19.7 Å². The normalized spacial score (nSPS) is 10.6. The highest BCUT2D eigenvalue weighted by Crippen LogP contribution is 2.04. The van der Waals surface area contributed by atoms with Gasteiger partial charge >= 0.3 is 0 Å². The summed E-state index contributed by atoms with van der Waals surface area (Å²) in [6.45, 7) is 1.72. The van der Waals surface area contributed by atoms with Crippen LogP contribution < -0.4 is 5.73 Å². The molecule has 16 heavy (non-hydrogen) atoms. The molecule has 0 aliphatic heterocycles. The molecule has 0 aliphatic carbocycles. The molecule has 0 aliphatic rings. The minimum absolute atomic E-state index is 0.129. The number of amides is 1. The van der Waals surface area contributed by atoms with Crippen molar-refractivity contribution in [1.82, 2.24) is 4.90 Å². The summed E-state index contributed by atoms with van der Waals surface area (Å²) < 4.78 is 0. The van der Waals surface area contributed by atoms with Crippen LogP contribution in [0.1, 0.15) is 12.0 Å². The Bertz CT molecular complexity index is 314. The number of nitrogens with two attached hydrogens (primary N) is 1. The van der Waals surface area contributed by atoms with Gasteiger partial charge in [0.1, 0.15) is 0 Å². The van der Waals surface area contributed by atoms with Crippen LogP contribution in [0, 0.1) is 0 Å². The number of aliphatic hydroxyl groups is 1. The SMILES string of the molecule is NC(=O)CN(CCCO)Cc1ccccc1. The second kappa shape index (κ2) is 6.98. The van der Waals surface area contributed by atoms with Gasteiger partial charge in [0.05, 0.1) is 6.54 Å². The summed E-state index contributed by atoms with van der Waals surface area (Å²) in [5.74, 6) is -0.339. The molecule has 1 rings (SSSR count). The molecule has 1 aromatic rings. The van der Waals surface area contributed by atoms with E-state index in [1.807, 2.05) is 35.2 Å². The van der Waals surface area contributed by atoms with Crippen LogP contribution in [-0.2, 0) is 11.3 Å². The summed E-state index contributed by atoms with van der Waals surface area (Å²) in [7, 11) is 0. The van der Waals surface area contributed by atoms with Crippen LogP contribution in [0.25, 0.3) is 0 Å². The van der Waals surface area contributed by atoms with Crippen molar-refractivity contribution in [3.05, 3.63) is 35.9 Å². The van der Waals surface area contributed by atoms with Crippen molar-refractivity contribution in [3.63, 3.8) is 0 Å². The van der Waals surface area contributed by atoms with Gasteiger partial charge in [-0.1, -0.05) is 30.3 Å². The van der Waals surface area contributed by atoms with Crippen LogP contribution in [0.5, 0.6) is 0 Å². The maximum Gasteiger partial charge on any atom is 0.231 e. The Labute approximate surface area is 95.7 Å². The second-order valence-corrected chi connectivity index (χ2v) is 3.74. The molecular formula is C12H18N2O2. The zero-order valence-corrected chi connectivity index (χ0v) is 9.30. The first kappa shape index (κ1) is 12.7. The van der Waals surface area contributed by atoms with Gasteiger partial charge in [-0.3, -0.25) is 9.69 Å². The number of hydrogen-bond acceptors (Lipinski definition) is 3. The number of benzene rings is 1. The monoisotopic (exact) mass is 222 g/mol. The summed E-state index contributed by atoms with van der Waals surface area (Å²) in [6, 6.07) is 9.89. The summed E-state index contributed by atoms with van der Waals surface area (Å²) in [5.41, 5.74) is 6.32. The van der Waals surface area contributed by atoms with E-state index in [0.717, 1.165) is 5.56 Å². The molecule has 0 bridgehead atoms. The van der Waals surface area contributed by atoms with Gasteiger partial charge in [-0.05, 0) is 12.0 Å². The largest absolute Gasteiger partial charge is 0.396 e. The Kier molecular flexibility index (Phi) is 5.53. The van der Waals surface area contributed by atoms with Crippen molar-refractivity contribution < 1.29 is 9.90 Å². The van der Waals surface area contributed by atoms with Crippen LogP contribution in [0.4, 0.5) is 0 Å². The lowest BCUT2D eigenvalue weighted by atomic mass is 10.2. The molecule has 0 saturated carbocycles. The second-order valence-electron chi connectivity index (χ2n) is 3.74. The van der Waals surface area contributed by atoms with Crippen LogP contribution in [0.2, 0.25) is 0 Å². The standard InChI is InChI=1S/C12H18N2O2/c13-12(16)10-14(7-4-8-15)9-11-5-2-1-3-6-11/h1-3,5-6,15H,4,7-10H2,(H2,13,16). The topological polar surface area (TPSA) is 66.6 Å². The molecule has 3 N–H and O–H groups in total. The highest BCUT2D eigenvalue weighted by molar-refractivity contribution is 5.75. The molecule has 0 spiro atoms. The van der Waals surface area contributed by atoms with Crippen molar-refractivity contribution in [2.45, 2.75) is 13.0 Å². The average Bonchev–Trinajstić information content (AvgIpc) is 2.26. The minimum atomic E-state index is -0.339. The molecule has 0 atom stereocenters. The van der Waals surface area contributed by atoms with E-state index in [1.54, 1.807) is 0 Å². The van der Waals surface area contributed by atoms with E-state index in [1.165, 1.54) is 0 Å². The fraction of sp³-hybridized carbons (Fsp3) is 0.417. The predicted molar refractivity (Wildman–Crippen MR) is 62.6 cm³/mol. The zero-order chi connectivity index (χ0) is 11.8. The minimum Gasteiger partial charge on any atom is -0.396 e. The predicted octanol–water partition coefficient (Wildman–Crippen LogP) is 0.356. The maximum atomic E-state index is 10.9. The molecule has 0 fully saturated rings. The van der Waals surface area contributed by atoms with Crippen LogP contribution in [0.3, 0.4) is 0 Å². The number of hydrogen-bond donors (Lipinski definition) is 2. The van der Waals surface area contributed by atoms with E-state index in [4.69, 9.17) is 10.8 Å². The molecule has 4 nitrogen and oxygen atoms in total. The Morgan fingerprint density at radius 1 is 1.31 bits per heavy atom. The molecule has 0 radical (unpaired) electrons. The van der Waals surface area contributed by atoms with E-state index in [2.05, 4.69) is 0 Å². The highest BCUT2D eigenvalue weighted by atomic mass is 16.3. The van der Waals surface area contributed by atoms with Gasteiger partial charge in [-0.2, -0.15) is 0 Å². The van der Waals surface area contributed by atoms with Crippen molar-refractivity contribution in [2.75, 3.05) is 19.7 Å². The number of carbonyl (C=O) groups excluding carboxylic acids is 1. The lowest BCUT2D eigenvalue weighted by molar-refractivity contribution is -0.119. The fourth-order valence-electron chi connectivity index (χ4n) is 1.57. The van der Waals surface area contributed by atoms with Crippen molar-refractivity contribution in [3.8, 4) is 0 Å². The first-order chi connectivity index (χ1) is 7.72. The molecule has 0 saturated heterocycles. The molecule has 1 aromatic carbocycles. The molecule has 0 heterocycles. The number of nitrogens with zero attached hydrogens (tertiary/aromatic N) is 1. The lowest BCUT2D eigenvalue weighted by Gasteiger charge is -2.20. The van der Waals surface area contributed by atoms with E-state index < -0.39 is 0 Å². The van der Waals surface area contributed by atoms with Crippen molar-refractivity contribution >= 4 is 5.91 Å². The van der Waals surface area contributed by atoms with Crippen LogP contribution in [0.15, 0.2) is 30.3 Å². The quantitative estimate of drug-likeness (QED) is 0.700. The van der Waals surface area contributed by atoms with E-state index >= 15 is 0 Å². The molecule has 1 amide bonds. The van der Waals surface area contributed by atoms with Gasteiger partial charge in [0.15, 0.2) is 0 Å². The third-order valence-electron chi connectivity index (χ3n) is 2.26. The van der Waals surface area contributed by atoms with Crippen LogP contribution >= 0.6 is 0 Å². The van der Waals surface area contributed by atoms with Gasteiger partial charge in [0.25, 0.3) is 0 Å². The van der Waals surface area contributed by atoms with Crippen molar-refractivity contribution in [2.24, 2.45) is 5.73 Å². The number of aliphatic hydroxyl groups excluding tert-OH is 1. The van der Waals surface area contributed by atoms with Gasteiger partial charge in [-0.15, -0.1) is 0 Å². The Morgan fingerprint density at radius 2 is 2.00 bits per heavy atom. The molecule has 0 unspecified atom stereocenters. The molecule has 88 valence electrons. The van der Waals surface area contributed by atoms with Crippen LogP contribution in [-0.4, -0.2) is 35.6 Å². The van der Waals surface area contributed by atoms with E-state index in [-0.39, 0.29) is 19.1 Å². The Balaban J connectivity index is 2.52. The maximum absolute atomic E-state index is 10.9. The highest BCUT2D eigenvalue weighted by Gasteiger charge is 2.08. The molecular weight excluding hydrogens is 204 g/mol. The fourth-order valence-corrected chi connectivity index (χ4v) is 1.57. The van der Waals surface area contributed by atoms with Crippen molar-refractivity contribution in [1.29, 1.82) is 0 Å². The van der Waals surface area contributed by atoms with Gasteiger partial charge in [-0.25, -0.2) is 0 Å². The average molecular weight is 222 g/mol. The summed E-state index contributed by atoms with van der Waals surface area (Å²) >= 11 is 0. The first-order valence-corrected chi connectivity index (χ1v) is 5.38. The smallest absolute Gasteiger partial charge is 0.231 e. The third kappa shape index (κ3) is 4.91. The van der Waals surface area contributed by atoms with E-state index in [0.29, 0.717) is 19.5 Å². The van der Waals surface area contributed by atoms with Gasteiger partial charge in [0.2, 0.25) is 5.91 Å².